The molecule has 0 heterocycles. The van der Waals surface area contributed by atoms with Gasteiger partial charge in [-0.15, -0.1) is 0 Å². The van der Waals surface area contributed by atoms with Gasteiger partial charge in [-0.2, -0.15) is 0 Å². The van der Waals surface area contributed by atoms with Crippen molar-refractivity contribution in [1.82, 2.24) is 0 Å². The summed E-state index contributed by atoms with van der Waals surface area (Å²) in [5, 5.41) is 0. The average molecular weight is 132 g/mol. The van der Waals surface area contributed by atoms with Crippen molar-refractivity contribution in [3.8, 4) is 0 Å². The zero-order valence-corrected chi connectivity index (χ0v) is 4.89. The van der Waals surface area contributed by atoms with Gasteiger partial charge < -0.3 is 5.73 Å². The molecule has 0 unspecified atom stereocenters. The van der Waals surface area contributed by atoms with Crippen LogP contribution in [0.3, 0.4) is 0 Å². The predicted molar refractivity (Wildman–Crippen MR) is 40.3 cm³/mol. The van der Waals surface area contributed by atoms with E-state index in [1.54, 1.807) is 6.07 Å². The zero-order valence-electron chi connectivity index (χ0n) is 4.89. The molecule has 0 fully saturated rings. The molecule has 0 aliphatic heterocycles. The fourth-order valence-electron chi connectivity index (χ4n) is 0.607. The van der Waals surface area contributed by atoms with Gasteiger partial charge in [-0.05, 0) is 29.8 Å². The van der Waals surface area contributed by atoms with E-state index in [1.807, 2.05) is 0 Å². The van der Waals surface area contributed by atoms with Crippen molar-refractivity contribution in [2.45, 2.75) is 6.54 Å². The number of nitrogens with two attached hydrogens (primary N) is 1. The summed E-state index contributed by atoms with van der Waals surface area (Å²) in [5.41, 5.74) is 6.01. The molecule has 0 aromatic heterocycles. The minimum atomic E-state index is -0.280. The van der Waals surface area contributed by atoms with E-state index < -0.39 is 0 Å². The Morgan fingerprint density at radius 3 is 2.60 bits per heavy atom. The third-order valence-corrected chi connectivity index (χ3v) is 1.05. The second-order valence-corrected chi connectivity index (χ2v) is 1.76. The summed E-state index contributed by atoms with van der Waals surface area (Å²) in [4.78, 5) is 0. The van der Waals surface area contributed by atoms with Crippen molar-refractivity contribution in [3.63, 3.8) is 0 Å². The van der Waals surface area contributed by atoms with Crippen LogP contribution < -0.4 is 5.73 Å². The van der Waals surface area contributed by atoms with Crippen molar-refractivity contribution >= 4 is 18.9 Å². The fraction of sp³-hybridized carbons (Fsp3) is 0.143. The second kappa shape index (κ2) is 4.51. The Labute approximate surface area is 71.6 Å². The Bertz CT molecular complexity index is 203. The van der Waals surface area contributed by atoms with E-state index in [1.165, 1.54) is 12.1 Å². The van der Waals surface area contributed by atoms with E-state index in [4.69, 9.17) is 5.73 Å². The molecule has 2 N–H and O–H groups in total. The third kappa shape index (κ3) is 2.53. The number of hydrogen-bond acceptors (Lipinski definition) is 1. The van der Waals surface area contributed by atoms with Crippen molar-refractivity contribution in [2.24, 2.45) is 5.73 Å². The monoisotopic (exact) mass is 132 g/mol. The number of halogens is 1. The molecule has 10 heavy (non-hydrogen) atoms. The van der Waals surface area contributed by atoms with Crippen LogP contribution in [0.1, 0.15) is 5.56 Å². The molecule has 0 amide bonds. The first-order valence-electron chi connectivity index (χ1n) is 2.68. The molecule has 0 aliphatic carbocycles. The minimum absolute atomic E-state index is 0. The summed E-state index contributed by atoms with van der Waals surface area (Å²) in [6.07, 6.45) is 0. The van der Waals surface area contributed by atoms with Crippen molar-refractivity contribution < 1.29 is 4.39 Å². The summed E-state index contributed by atoms with van der Waals surface area (Å²) < 4.78 is 12.3. The Morgan fingerprint density at radius 1 is 1.50 bits per heavy atom. The summed E-state index contributed by atoms with van der Waals surface area (Å²) in [6.45, 7) is 0.369. The van der Waals surface area contributed by atoms with Crippen LogP contribution in [0.4, 0.5) is 4.39 Å². The zero-order chi connectivity index (χ0) is 6.69. The number of benzene rings is 1. The maximum absolute atomic E-state index is 12.3. The van der Waals surface area contributed by atoms with E-state index in [-0.39, 0.29) is 24.7 Å². The molecule has 1 radical (unpaired) electrons. The topological polar surface area (TPSA) is 26.0 Å². The molecule has 1 nitrogen and oxygen atoms in total. The van der Waals surface area contributed by atoms with Crippen molar-refractivity contribution in [1.29, 1.82) is 0 Å². The normalized spacial score (nSPS) is 8.60. The van der Waals surface area contributed by atoms with Crippen LogP contribution in [0.15, 0.2) is 18.2 Å². The Kier molecular flexibility index (Phi) is 4.38. The van der Waals surface area contributed by atoms with Gasteiger partial charge in [0.15, 0.2) is 0 Å². The molecule has 1 aromatic carbocycles. The van der Waals surface area contributed by atoms with Crippen LogP contribution in [-0.2, 0) is 6.54 Å². The van der Waals surface area contributed by atoms with E-state index in [2.05, 4.69) is 6.07 Å². The van der Waals surface area contributed by atoms with Gasteiger partial charge in [0.25, 0.3) is 0 Å². The van der Waals surface area contributed by atoms with Crippen LogP contribution in [0.2, 0.25) is 0 Å². The van der Waals surface area contributed by atoms with E-state index in [0.29, 0.717) is 6.54 Å². The van der Waals surface area contributed by atoms with Gasteiger partial charge in [0.2, 0.25) is 0 Å². The van der Waals surface area contributed by atoms with Crippen molar-refractivity contribution in [2.75, 3.05) is 0 Å². The molecule has 1 rings (SSSR count). The quantitative estimate of drug-likeness (QED) is 0.551. The van der Waals surface area contributed by atoms with E-state index >= 15 is 0 Å². The summed E-state index contributed by atoms with van der Waals surface area (Å²) in [5.74, 6) is -0.280. The Hall–Kier alpha value is -0.293. The first-order chi connectivity index (χ1) is 4.33. The van der Waals surface area contributed by atoms with Gasteiger partial charge in [-0.1, -0.05) is 0 Å². The number of hydrogen-bond donors (Lipinski definition) is 1. The SMILES string of the molecule is NCc1c[c]cc(F)c1.[LiH]. The third-order valence-electron chi connectivity index (χ3n) is 1.05. The van der Waals surface area contributed by atoms with Crippen LogP contribution in [-0.4, -0.2) is 18.9 Å². The molecule has 0 bridgehead atoms. The van der Waals surface area contributed by atoms with Gasteiger partial charge in [-0.25, -0.2) is 4.39 Å². The molecular weight excluding hydrogens is 124 g/mol. The standard InChI is InChI=1S/C7H7FN.Li.H/c8-7-3-1-2-6(4-7)5-9;;/h2-4H,5,9H2;;. The van der Waals surface area contributed by atoms with Crippen LogP contribution in [0.5, 0.6) is 0 Å². The van der Waals surface area contributed by atoms with Gasteiger partial charge in [-0.3, -0.25) is 0 Å². The van der Waals surface area contributed by atoms with Gasteiger partial charge in [0.05, 0.1) is 0 Å². The summed E-state index contributed by atoms with van der Waals surface area (Å²) in [6, 6.07) is 6.97. The van der Waals surface area contributed by atoms with Crippen LogP contribution >= 0.6 is 0 Å². The van der Waals surface area contributed by atoms with Gasteiger partial charge in [0.1, 0.15) is 5.82 Å². The molecule has 49 valence electrons. The Balaban J connectivity index is 0.000000810. The number of rotatable bonds is 1. The molecule has 0 saturated heterocycles. The van der Waals surface area contributed by atoms with Crippen LogP contribution in [0, 0.1) is 11.9 Å². The Morgan fingerprint density at radius 2 is 2.20 bits per heavy atom. The van der Waals surface area contributed by atoms with E-state index in [9.17, 15) is 4.39 Å². The van der Waals surface area contributed by atoms with Crippen LogP contribution in [0.25, 0.3) is 0 Å². The summed E-state index contributed by atoms with van der Waals surface area (Å²) in [7, 11) is 0. The molecular formula is C7H8FLiN. The molecule has 3 heteroatoms. The maximum atomic E-state index is 12.3. The first-order valence-corrected chi connectivity index (χ1v) is 2.68. The molecule has 0 aliphatic rings. The molecule has 1 aromatic rings. The van der Waals surface area contributed by atoms with Gasteiger partial charge in [0, 0.05) is 6.54 Å². The summed E-state index contributed by atoms with van der Waals surface area (Å²) >= 11 is 0. The fourth-order valence-corrected chi connectivity index (χ4v) is 0.607. The first kappa shape index (κ1) is 9.71. The molecule has 0 atom stereocenters. The van der Waals surface area contributed by atoms with Gasteiger partial charge >= 0.3 is 18.9 Å². The molecule has 0 saturated carbocycles. The van der Waals surface area contributed by atoms with Crippen molar-refractivity contribution in [3.05, 3.63) is 35.6 Å². The van der Waals surface area contributed by atoms with E-state index in [0.717, 1.165) is 5.56 Å². The average Bonchev–Trinajstić information content (AvgIpc) is 1.88. The predicted octanol–water partition coefficient (Wildman–Crippen LogP) is 0.436. The molecule has 0 spiro atoms. The second-order valence-electron chi connectivity index (χ2n) is 1.76.